The molecule has 0 saturated heterocycles. The molecule has 10 rings (SSSR count). The van der Waals surface area contributed by atoms with Crippen molar-refractivity contribution in [3.8, 4) is 78.4 Å². The van der Waals surface area contributed by atoms with Gasteiger partial charge in [0.15, 0.2) is 5.82 Å². The second kappa shape index (κ2) is 14.1. The fourth-order valence-corrected chi connectivity index (χ4v) is 8.83. The Labute approximate surface area is 324 Å². The van der Waals surface area contributed by atoms with Gasteiger partial charge in [0.1, 0.15) is 0 Å². The van der Waals surface area contributed by atoms with Crippen molar-refractivity contribution in [3.63, 3.8) is 0 Å². The Bertz CT molecular complexity index is 2950. The Hall–Kier alpha value is -6.94. The lowest BCUT2D eigenvalue weighted by Crippen LogP contribution is -1.97. The predicted octanol–water partition coefficient (Wildman–Crippen LogP) is 14.5. The van der Waals surface area contributed by atoms with Gasteiger partial charge in [-0.1, -0.05) is 176 Å². The van der Waals surface area contributed by atoms with Crippen molar-refractivity contribution >= 4 is 31.5 Å². The number of aromatic nitrogens is 2. The first-order valence-corrected chi connectivity index (χ1v) is 19.4. The van der Waals surface area contributed by atoms with Crippen LogP contribution < -0.4 is 0 Å². The van der Waals surface area contributed by atoms with E-state index in [-0.39, 0.29) is 0 Å². The Balaban J connectivity index is 1.20. The number of thiophene rings is 1. The van der Waals surface area contributed by atoms with Crippen molar-refractivity contribution in [2.45, 2.75) is 0 Å². The number of hydrogen-bond donors (Lipinski definition) is 0. The number of nitrogens with zero attached hydrogens (tertiary/aromatic N) is 2. The topological polar surface area (TPSA) is 25.8 Å². The molecule has 0 spiro atoms. The second-order valence-corrected chi connectivity index (χ2v) is 14.8. The summed E-state index contributed by atoms with van der Waals surface area (Å²) < 4.78 is 2.58. The summed E-state index contributed by atoms with van der Waals surface area (Å²) in [6.07, 6.45) is 0. The van der Waals surface area contributed by atoms with E-state index in [0.717, 1.165) is 39.2 Å². The number of rotatable bonds is 7. The molecule has 0 saturated carbocycles. The highest BCUT2D eigenvalue weighted by atomic mass is 32.1. The van der Waals surface area contributed by atoms with Gasteiger partial charge >= 0.3 is 0 Å². The van der Waals surface area contributed by atoms with Crippen LogP contribution in [-0.2, 0) is 0 Å². The normalized spacial score (nSPS) is 11.3. The standard InChI is InChI=1S/C52H34N2S/c1-4-15-35(16-5-1)36-27-29-38(30-28-36)48-34-49(54-52(53-48)39-19-8-3-9-20-39)42-32-40(44-22-11-10-21-43(44)37-17-6-2-7-18-37)31-41(33-42)45-24-14-25-47-46-23-12-13-26-50(46)55-51(45)47/h1-34H. The van der Waals surface area contributed by atoms with Gasteiger partial charge in [0.25, 0.3) is 0 Å². The molecule has 0 amide bonds. The first-order chi connectivity index (χ1) is 27.2. The SMILES string of the molecule is c1ccc(-c2ccc(-c3cc(-c4cc(-c5ccccc5-c5ccccc5)cc(-c5cccc6c5sc5ccccc56)c4)nc(-c4ccccc4)n3)cc2)cc1. The summed E-state index contributed by atoms with van der Waals surface area (Å²) in [5.41, 5.74) is 14.2. The highest BCUT2D eigenvalue weighted by Gasteiger charge is 2.17. The summed E-state index contributed by atoms with van der Waals surface area (Å²) in [7, 11) is 0. The summed E-state index contributed by atoms with van der Waals surface area (Å²) >= 11 is 1.86. The third kappa shape index (κ3) is 6.31. The Morgan fingerprint density at radius 1 is 0.291 bits per heavy atom. The highest BCUT2D eigenvalue weighted by molar-refractivity contribution is 7.26. The van der Waals surface area contributed by atoms with Crippen LogP contribution in [0.15, 0.2) is 206 Å². The van der Waals surface area contributed by atoms with Gasteiger partial charge in [0, 0.05) is 36.9 Å². The largest absolute Gasteiger partial charge is 0.228 e. The molecule has 10 aromatic rings. The van der Waals surface area contributed by atoms with E-state index in [2.05, 4.69) is 188 Å². The molecule has 0 atom stereocenters. The summed E-state index contributed by atoms with van der Waals surface area (Å²) in [4.78, 5) is 10.5. The molecule has 0 N–H and O–H groups in total. The minimum atomic E-state index is 0.698. The molecule has 55 heavy (non-hydrogen) atoms. The lowest BCUT2D eigenvalue weighted by Gasteiger charge is -2.16. The molecule has 0 aliphatic rings. The molecule has 0 bridgehead atoms. The van der Waals surface area contributed by atoms with Crippen LogP contribution in [0.4, 0.5) is 0 Å². The molecule has 0 fully saturated rings. The zero-order valence-electron chi connectivity index (χ0n) is 29.9. The number of hydrogen-bond acceptors (Lipinski definition) is 3. The van der Waals surface area contributed by atoms with E-state index in [0.29, 0.717) is 5.82 Å². The zero-order valence-corrected chi connectivity index (χ0v) is 30.7. The van der Waals surface area contributed by atoms with Crippen LogP contribution in [0.1, 0.15) is 0 Å². The maximum atomic E-state index is 5.30. The summed E-state index contributed by atoms with van der Waals surface area (Å²) in [5, 5.41) is 2.57. The Morgan fingerprint density at radius 2 is 0.764 bits per heavy atom. The van der Waals surface area contributed by atoms with E-state index in [1.54, 1.807) is 0 Å². The minimum Gasteiger partial charge on any atom is -0.228 e. The molecular formula is C52H34N2S. The molecule has 0 unspecified atom stereocenters. The first kappa shape index (κ1) is 32.7. The van der Waals surface area contributed by atoms with E-state index in [4.69, 9.17) is 9.97 Å². The first-order valence-electron chi connectivity index (χ1n) is 18.6. The van der Waals surface area contributed by atoms with Crippen molar-refractivity contribution in [2.75, 3.05) is 0 Å². The molecule has 0 radical (unpaired) electrons. The molecule has 2 heterocycles. The maximum Gasteiger partial charge on any atom is 0.160 e. The lowest BCUT2D eigenvalue weighted by molar-refractivity contribution is 1.18. The maximum absolute atomic E-state index is 5.30. The van der Waals surface area contributed by atoms with E-state index < -0.39 is 0 Å². The van der Waals surface area contributed by atoms with Crippen LogP contribution in [0.3, 0.4) is 0 Å². The average Bonchev–Trinajstić information content (AvgIpc) is 3.66. The van der Waals surface area contributed by atoms with Crippen LogP contribution in [0.5, 0.6) is 0 Å². The Morgan fingerprint density at radius 3 is 1.47 bits per heavy atom. The minimum absolute atomic E-state index is 0.698. The van der Waals surface area contributed by atoms with Gasteiger partial charge in [0.2, 0.25) is 0 Å². The fourth-order valence-electron chi connectivity index (χ4n) is 7.59. The monoisotopic (exact) mass is 718 g/mol. The summed E-state index contributed by atoms with van der Waals surface area (Å²) in [5.74, 6) is 0.698. The van der Waals surface area contributed by atoms with Crippen LogP contribution in [-0.4, -0.2) is 9.97 Å². The van der Waals surface area contributed by atoms with Crippen molar-refractivity contribution in [2.24, 2.45) is 0 Å². The molecule has 3 heteroatoms. The smallest absolute Gasteiger partial charge is 0.160 e. The number of fused-ring (bicyclic) bond motifs is 3. The fraction of sp³-hybridized carbons (Fsp3) is 0. The predicted molar refractivity (Wildman–Crippen MR) is 233 cm³/mol. The van der Waals surface area contributed by atoms with Gasteiger partial charge in [-0.15, -0.1) is 11.3 Å². The molecule has 0 aliphatic heterocycles. The van der Waals surface area contributed by atoms with Crippen LogP contribution in [0.25, 0.3) is 98.6 Å². The third-order valence-electron chi connectivity index (χ3n) is 10.3. The summed E-state index contributed by atoms with van der Waals surface area (Å²) in [6.45, 7) is 0. The van der Waals surface area contributed by atoms with Gasteiger partial charge in [0.05, 0.1) is 11.4 Å². The highest BCUT2D eigenvalue weighted by Crippen LogP contribution is 2.43. The lowest BCUT2D eigenvalue weighted by atomic mass is 9.90. The average molecular weight is 719 g/mol. The van der Waals surface area contributed by atoms with Crippen molar-refractivity contribution in [1.29, 1.82) is 0 Å². The number of benzene rings is 8. The summed E-state index contributed by atoms with van der Waals surface area (Å²) in [6, 6.07) is 73.4. The van der Waals surface area contributed by atoms with Gasteiger partial charge in [-0.25, -0.2) is 9.97 Å². The van der Waals surface area contributed by atoms with E-state index >= 15 is 0 Å². The van der Waals surface area contributed by atoms with Crippen molar-refractivity contribution < 1.29 is 0 Å². The van der Waals surface area contributed by atoms with E-state index in [9.17, 15) is 0 Å². The van der Waals surface area contributed by atoms with Crippen LogP contribution >= 0.6 is 11.3 Å². The van der Waals surface area contributed by atoms with Gasteiger partial charge < -0.3 is 0 Å². The molecule has 0 aliphatic carbocycles. The van der Waals surface area contributed by atoms with Crippen LogP contribution in [0, 0.1) is 0 Å². The molecule has 258 valence electrons. The van der Waals surface area contributed by atoms with Crippen molar-refractivity contribution in [1.82, 2.24) is 9.97 Å². The molecular weight excluding hydrogens is 685 g/mol. The molecule has 8 aromatic carbocycles. The van der Waals surface area contributed by atoms with E-state index in [1.165, 1.54) is 53.6 Å². The third-order valence-corrected chi connectivity index (χ3v) is 11.5. The molecule has 2 aromatic heterocycles. The van der Waals surface area contributed by atoms with Crippen LogP contribution in [0.2, 0.25) is 0 Å². The van der Waals surface area contributed by atoms with Gasteiger partial charge in [-0.2, -0.15) is 0 Å². The van der Waals surface area contributed by atoms with Gasteiger partial charge in [-0.3, -0.25) is 0 Å². The zero-order chi connectivity index (χ0) is 36.6. The van der Waals surface area contributed by atoms with E-state index in [1.807, 2.05) is 29.5 Å². The van der Waals surface area contributed by atoms with Crippen molar-refractivity contribution in [3.05, 3.63) is 206 Å². The Kier molecular flexibility index (Phi) is 8.40. The second-order valence-electron chi connectivity index (χ2n) is 13.8. The quantitative estimate of drug-likeness (QED) is 0.164. The van der Waals surface area contributed by atoms with Gasteiger partial charge in [-0.05, 0) is 74.8 Å². The molecule has 2 nitrogen and oxygen atoms in total.